The predicted octanol–water partition coefficient (Wildman–Crippen LogP) is 4.17. The fraction of sp³-hybridized carbons (Fsp3) is 0.375. The van der Waals surface area contributed by atoms with Crippen LogP contribution < -0.4 is 4.90 Å². The SMILES string of the molecule is CCCN(CCC)c1ccc2cccc(O)c2c1. The van der Waals surface area contributed by atoms with E-state index >= 15 is 0 Å². The van der Waals surface area contributed by atoms with Crippen molar-refractivity contribution in [3.8, 4) is 5.75 Å². The van der Waals surface area contributed by atoms with Gasteiger partial charge in [-0.25, -0.2) is 0 Å². The highest BCUT2D eigenvalue weighted by Crippen LogP contribution is 2.28. The fourth-order valence-corrected chi connectivity index (χ4v) is 2.35. The van der Waals surface area contributed by atoms with E-state index in [1.54, 1.807) is 6.07 Å². The Hall–Kier alpha value is -1.70. The lowest BCUT2D eigenvalue weighted by atomic mass is 10.1. The molecule has 0 bridgehead atoms. The summed E-state index contributed by atoms with van der Waals surface area (Å²) in [6, 6.07) is 12.0. The Kier molecular flexibility index (Phi) is 4.08. The van der Waals surface area contributed by atoms with Crippen LogP contribution in [-0.2, 0) is 0 Å². The van der Waals surface area contributed by atoms with Crippen LogP contribution >= 0.6 is 0 Å². The molecule has 0 heterocycles. The predicted molar refractivity (Wildman–Crippen MR) is 78.4 cm³/mol. The molecule has 0 unspecified atom stereocenters. The molecule has 0 fully saturated rings. The van der Waals surface area contributed by atoms with E-state index in [1.165, 1.54) is 5.69 Å². The smallest absolute Gasteiger partial charge is 0.123 e. The largest absolute Gasteiger partial charge is 0.507 e. The van der Waals surface area contributed by atoms with Gasteiger partial charge in [-0.15, -0.1) is 0 Å². The number of hydrogen-bond acceptors (Lipinski definition) is 2. The Bertz CT molecular complexity index is 515. The summed E-state index contributed by atoms with van der Waals surface area (Å²) >= 11 is 0. The van der Waals surface area contributed by atoms with Crippen LogP contribution in [0, 0.1) is 0 Å². The molecule has 0 saturated carbocycles. The van der Waals surface area contributed by atoms with Gasteiger partial charge in [0.2, 0.25) is 0 Å². The van der Waals surface area contributed by atoms with Crippen molar-refractivity contribution < 1.29 is 5.11 Å². The summed E-state index contributed by atoms with van der Waals surface area (Å²) in [7, 11) is 0. The average Bonchev–Trinajstić information content (AvgIpc) is 2.39. The van der Waals surface area contributed by atoms with Gasteiger partial charge in [0, 0.05) is 24.2 Å². The molecule has 2 aromatic rings. The number of fused-ring (bicyclic) bond motifs is 1. The third kappa shape index (κ3) is 2.58. The molecule has 1 N–H and O–H groups in total. The van der Waals surface area contributed by atoms with E-state index in [1.807, 2.05) is 12.1 Å². The first-order chi connectivity index (χ1) is 8.76. The van der Waals surface area contributed by atoms with Gasteiger partial charge in [-0.3, -0.25) is 0 Å². The van der Waals surface area contributed by atoms with E-state index in [0.29, 0.717) is 5.75 Å². The quantitative estimate of drug-likeness (QED) is 0.852. The zero-order valence-electron chi connectivity index (χ0n) is 11.2. The zero-order chi connectivity index (χ0) is 13.0. The lowest BCUT2D eigenvalue weighted by molar-refractivity contribution is 0.481. The molecule has 0 radical (unpaired) electrons. The third-order valence-electron chi connectivity index (χ3n) is 3.19. The Morgan fingerprint density at radius 2 is 1.72 bits per heavy atom. The second kappa shape index (κ2) is 5.76. The maximum Gasteiger partial charge on any atom is 0.123 e. The standard InChI is InChI=1S/C16H21NO/c1-3-10-17(11-4-2)14-9-8-13-6-5-7-16(18)15(13)12-14/h5-9,12,18H,3-4,10-11H2,1-2H3. The molecule has 0 saturated heterocycles. The molecule has 0 atom stereocenters. The Morgan fingerprint density at radius 3 is 2.39 bits per heavy atom. The highest BCUT2D eigenvalue weighted by molar-refractivity contribution is 5.90. The summed E-state index contributed by atoms with van der Waals surface area (Å²) < 4.78 is 0. The van der Waals surface area contributed by atoms with Gasteiger partial charge in [-0.1, -0.05) is 32.0 Å². The molecule has 0 aliphatic heterocycles. The second-order valence-corrected chi connectivity index (χ2v) is 4.67. The molecule has 0 aliphatic rings. The topological polar surface area (TPSA) is 23.5 Å². The van der Waals surface area contributed by atoms with Crippen LogP contribution in [0.2, 0.25) is 0 Å². The van der Waals surface area contributed by atoms with E-state index < -0.39 is 0 Å². The van der Waals surface area contributed by atoms with Crippen molar-refractivity contribution in [3.63, 3.8) is 0 Å². The normalized spacial score (nSPS) is 10.8. The van der Waals surface area contributed by atoms with Crippen molar-refractivity contribution >= 4 is 16.5 Å². The minimum absolute atomic E-state index is 0.363. The maximum atomic E-state index is 9.92. The van der Waals surface area contributed by atoms with Crippen LogP contribution in [0.15, 0.2) is 36.4 Å². The number of benzene rings is 2. The van der Waals surface area contributed by atoms with Crippen LogP contribution in [0.4, 0.5) is 5.69 Å². The highest BCUT2D eigenvalue weighted by Gasteiger charge is 2.06. The van der Waals surface area contributed by atoms with Gasteiger partial charge in [-0.2, -0.15) is 0 Å². The number of hydrogen-bond donors (Lipinski definition) is 1. The molecule has 0 aliphatic carbocycles. The van der Waals surface area contributed by atoms with E-state index in [4.69, 9.17) is 0 Å². The van der Waals surface area contributed by atoms with Crippen LogP contribution in [0.3, 0.4) is 0 Å². The number of anilines is 1. The average molecular weight is 243 g/mol. The second-order valence-electron chi connectivity index (χ2n) is 4.67. The molecule has 96 valence electrons. The minimum Gasteiger partial charge on any atom is -0.507 e. The van der Waals surface area contributed by atoms with Crippen LogP contribution in [-0.4, -0.2) is 18.2 Å². The maximum absolute atomic E-state index is 9.92. The van der Waals surface area contributed by atoms with Gasteiger partial charge < -0.3 is 10.0 Å². The number of nitrogens with zero attached hydrogens (tertiary/aromatic N) is 1. The van der Waals surface area contributed by atoms with Gasteiger partial charge in [0.05, 0.1) is 0 Å². The number of phenolic OH excluding ortho intramolecular Hbond substituents is 1. The highest BCUT2D eigenvalue weighted by atomic mass is 16.3. The molecule has 2 heteroatoms. The first-order valence-electron chi connectivity index (χ1n) is 6.73. The van der Waals surface area contributed by atoms with Crippen molar-refractivity contribution in [1.82, 2.24) is 0 Å². The summed E-state index contributed by atoms with van der Waals surface area (Å²) in [5, 5.41) is 11.9. The van der Waals surface area contributed by atoms with E-state index in [-0.39, 0.29) is 0 Å². The molecule has 0 aromatic heterocycles. The van der Waals surface area contributed by atoms with Crippen LogP contribution in [0.1, 0.15) is 26.7 Å². The Labute approximate surface area is 109 Å². The third-order valence-corrected chi connectivity index (χ3v) is 3.19. The van der Waals surface area contributed by atoms with Gasteiger partial charge >= 0.3 is 0 Å². The summed E-state index contributed by atoms with van der Waals surface area (Å²) in [4.78, 5) is 2.38. The van der Waals surface area contributed by atoms with E-state index in [2.05, 4.69) is 36.9 Å². The van der Waals surface area contributed by atoms with Crippen LogP contribution in [0.5, 0.6) is 5.75 Å². The number of rotatable bonds is 5. The summed E-state index contributed by atoms with van der Waals surface area (Å²) in [6.07, 6.45) is 2.28. The van der Waals surface area contributed by atoms with E-state index in [9.17, 15) is 5.11 Å². The van der Waals surface area contributed by atoms with Gasteiger partial charge in [0.25, 0.3) is 0 Å². The van der Waals surface area contributed by atoms with Crippen molar-refractivity contribution in [2.75, 3.05) is 18.0 Å². The summed E-state index contributed by atoms with van der Waals surface area (Å²) in [5.74, 6) is 0.363. The van der Waals surface area contributed by atoms with E-state index in [0.717, 1.165) is 36.7 Å². The minimum atomic E-state index is 0.363. The molecule has 2 aromatic carbocycles. The monoisotopic (exact) mass is 243 g/mol. The fourth-order valence-electron chi connectivity index (χ4n) is 2.35. The van der Waals surface area contributed by atoms with Gasteiger partial charge in [0.15, 0.2) is 0 Å². The Morgan fingerprint density at radius 1 is 1.00 bits per heavy atom. The molecule has 0 spiro atoms. The Balaban J connectivity index is 2.41. The molecule has 2 nitrogen and oxygen atoms in total. The van der Waals surface area contributed by atoms with Gasteiger partial charge in [0.1, 0.15) is 5.75 Å². The lowest BCUT2D eigenvalue weighted by Gasteiger charge is -2.24. The van der Waals surface area contributed by atoms with Crippen molar-refractivity contribution in [1.29, 1.82) is 0 Å². The molecule has 18 heavy (non-hydrogen) atoms. The zero-order valence-corrected chi connectivity index (χ0v) is 11.2. The first-order valence-corrected chi connectivity index (χ1v) is 6.73. The van der Waals surface area contributed by atoms with Crippen molar-refractivity contribution in [3.05, 3.63) is 36.4 Å². The molecule has 0 amide bonds. The van der Waals surface area contributed by atoms with Crippen molar-refractivity contribution in [2.45, 2.75) is 26.7 Å². The molecular formula is C16H21NO. The first kappa shape index (κ1) is 12.7. The van der Waals surface area contributed by atoms with Crippen LogP contribution in [0.25, 0.3) is 10.8 Å². The van der Waals surface area contributed by atoms with Crippen molar-refractivity contribution in [2.24, 2.45) is 0 Å². The molecule has 2 rings (SSSR count). The summed E-state index contributed by atoms with van der Waals surface area (Å²) in [6.45, 7) is 6.52. The lowest BCUT2D eigenvalue weighted by Crippen LogP contribution is -2.24. The molecular weight excluding hydrogens is 222 g/mol. The summed E-state index contributed by atoms with van der Waals surface area (Å²) in [5.41, 5.74) is 1.20. The number of phenols is 1. The van der Waals surface area contributed by atoms with Gasteiger partial charge in [-0.05, 0) is 36.4 Å². The number of aromatic hydroxyl groups is 1.